The molecule has 0 bridgehead atoms. The summed E-state index contributed by atoms with van der Waals surface area (Å²) in [5.74, 6) is 2.57. The van der Waals surface area contributed by atoms with E-state index in [-0.39, 0.29) is 0 Å². The van der Waals surface area contributed by atoms with Crippen LogP contribution in [0.1, 0.15) is 0 Å². The molecule has 0 radical (unpaired) electrons. The summed E-state index contributed by atoms with van der Waals surface area (Å²) in [6, 6.07) is 25.3. The molecule has 0 atom stereocenters. The van der Waals surface area contributed by atoms with Crippen LogP contribution in [0.5, 0.6) is 23.0 Å². The first kappa shape index (κ1) is 23.1. The van der Waals surface area contributed by atoms with Crippen LogP contribution in [0.15, 0.2) is 78.9 Å². The molecule has 11 heteroatoms. The fourth-order valence-corrected chi connectivity index (χ4v) is 21.1. The van der Waals surface area contributed by atoms with Crippen LogP contribution < -0.4 is 22.5 Å². The molecule has 1 fully saturated rings. The third kappa shape index (κ3) is 2.45. The fourth-order valence-electron chi connectivity index (χ4n) is 5.64. The molecule has 0 aromatic heterocycles. The first-order valence-corrected chi connectivity index (χ1v) is 15.8. The van der Waals surface area contributed by atoms with Gasteiger partial charge in [0.25, 0.3) is 0 Å². The molecular weight excluding hydrogens is 506 g/mol. The average molecular weight is 535 g/mol. The minimum absolute atomic E-state index is 0.322. The van der Waals surface area contributed by atoms with Crippen LogP contribution in [0.2, 0.25) is 0 Å². The standard InChI is InChI=1S/C24H29ClN4O4P2/c1-26(2)34(27(3)4)28(19-18-25)35(29(34)20-12-6-5-7-13-20,30-21-14-8-9-15-22(21)31-35)32-23-16-10-11-17-24(23)33-35/h5-17H,18-19H2,1-4H3. The van der Waals surface area contributed by atoms with Gasteiger partial charge in [-0.25, -0.2) is 0 Å². The molecule has 0 amide bonds. The molecule has 3 aromatic rings. The minimum atomic E-state index is -5.48. The first-order chi connectivity index (χ1) is 16.8. The van der Waals surface area contributed by atoms with Gasteiger partial charge in [-0.2, -0.15) is 0 Å². The number of halogens is 1. The SMILES string of the molecule is CN(C)[P+]1(N(C)C)N(CCCl)[P-]23(Oc4ccccc4O2)(Oc2ccccc2O3)N1c1ccccc1. The molecule has 3 aliphatic heterocycles. The van der Waals surface area contributed by atoms with Gasteiger partial charge in [-0.3, -0.25) is 0 Å². The van der Waals surface area contributed by atoms with Gasteiger partial charge in [0, 0.05) is 0 Å². The van der Waals surface area contributed by atoms with E-state index < -0.39 is 15.0 Å². The van der Waals surface area contributed by atoms with Gasteiger partial charge >= 0.3 is 211 Å². The van der Waals surface area contributed by atoms with Crippen molar-refractivity contribution in [1.29, 1.82) is 0 Å². The van der Waals surface area contributed by atoms with Crippen molar-refractivity contribution in [3.63, 3.8) is 0 Å². The predicted molar refractivity (Wildman–Crippen MR) is 143 cm³/mol. The molecule has 1 spiro atoms. The van der Waals surface area contributed by atoms with Crippen LogP contribution in [0.4, 0.5) is 5.69 Å². The molecule has 0 aliphatic carbocycles. The number of anilines is 1. The Morgan fingerprint density at radius 1 is 0.686 bits per heavy atom. The zero-order chi connectivity index (χ0) is 24.5. The number of benzene rings is 3. The van der Waals surface area contributed by atoms with E-state index in [4.69, 9.17) is 29.7 Å². The summed E-state index contributed by atoms with van der Waals surface area (Å²) < 4.78 is 37.0. The Labute approximate surface area is 211 Å². The van der Waals surface area contributed by atoms with Crippen molar-refractivity contribution in [3.05, 3.63) is 78.9 Å². The van der Waals surface area contributed by atoms with Crippen molar-refractivity contribution in [2.45, 2.75) is 0 Å². The summed E-state index contributed by atoms with van der Waals surface area (Å²) >= 11 is 6.50. The predicted octanol–water partition coefficient (Wildman–Crippen LogP) is 6.37. The molecular formula is C24H29ClN4O4P2. The monoisotopic (exact) mass is 534 g/mol. The van der Waals surface area contributed by atoms with Crippen LogP contribution in [0.25, 0.3) is 0 Å². The molecule has 0 unspecified atom stereocenters. The summed E-state index contributed by atoms with van der Waals surface area (Å²) in [6.45, 7) is 0.410. The maximum atomic E-state index is 7.07. The molecule has 6 rings (SSSR count). The summed E-state index contributed by atoms with van der Waals surface area (Å²) in [7, 11) is 0.183. The Hall–Kier alpha value is -2.31. The molecule has 0 saturated carbocycles. The fraction of sp³-hybridized carbons (Fsp3) is 0.250. The van der Waals surface area contributed by atoms with E-state index in [1.807, 2.05) is 78.9 Å². The number of nitrogens with zero attached hydrogens (tertiary/aromatic N) is 4. The molecule has 186 valence electrons. The molecule has 3 aromatic carbocycles. The van der Waals surface area contributed by atoms with E-state index in [0.29, 0.717) is 35.4 Å². The van der Waals surface area contributed by atoms with Gasteiger partial charge in [0.2, 0.25) is 0 Å². The van der Waals surface area contributed by atoms with Crippen LogP contribution >= 0.6 is 26.6 Å². The van der Waals surface area contributed by atoms with Gasteiger partial charge < -0.3 is 0 Å². The van der Waals surface area contributed by atoms with E-state index in [1.54, 1.807) is 0 Å². The molecule has 3 aliphatic rings. The maximum absolute atomic E-state index is 7.07. The topological polar surface area (TPSA) is 49.9 Å². The van der Waals surface area contributed by atoms with Crippen molar-refractivity contribution < 1.29 is 18.1 Å². The zero-order valence-corrected chi connectivity index (χ0v) is 22.7. The molecule has 1 saturated heterocycles. The number of rotatable bonds is 5. The number of hydrogen-bond donors (Lipinski definition) is 0. The number of para-hydroxylation sites is 5. The third-order valence-corrected chi connectivity index (χ3v) is 18.7. The van der Waals surface area contributed by atoms with Crippen molar-refractivity contribution in [2.24, 2.45) is 0 Å². The van der Waals surface area contributed by atoms with Gasteiger partial charge in [-0.05, 0) is 0 Å². The summed E-state index contributed by atoms with van der Waals surface area (Å²) in [6.07, 6.45) is 0. The zero-order valence-electron chi connectivity index (χ0n) is 20.1. The molecule has 8 nitrogen and oxygen atoms in total. The average Bonchev–Trinajstić information content (AvgIpc) is 3.34. The number of hydrogen-bond acceptors (Lipinski definition) is 8. The second-order valence-electron chi connectivity index (χ2n) is 9.09. The van der Waals surface area contributed by atoms with Crippen LogP contribution in [-0.4, -0.2) is 54.4 Å². The number of alkyl halides is 1. The van der Waals surface area contributed by atoms with E-state index in [9.17, 15) is 0 Å². The van der Waals surface area contributed by atoms with Crippen LogP contribution in [0.3, 0.4) is 0 Å². The van der Waals surface area contributed by atoms with Crippen LogP contribution in [0, 0.1) is 0 Å². The Balaban J connectivity index is 1.75. The second kappa shape index (κ2) is 7.13. The normalized spacial score (nSPS) is 23.6. The summed E-state index contributed by atoms with van der Waals surface area (Å²) in [4.78, 5) is 0. The van der Waals surface area contributed by atoms with E-state index in [0.717, 1.165) is 5.69 Å². The molecule has 0 N–H and O–H groups in total. The van der Waals surface area contributed by atoms with Gasteiger partial charge in [0.05, 0.1) is 0 Å². The Morgan fingerprint density at radius 2 is 1.09 bits per heavy atom. The van der Waals surface area contributed by atoms with Gasteiger partial charge in [-0.15, -0.1) is 0 Å². The quantitative estimate of drug-likeness (QED) is 0.276. The van der Waals surface area contributed by atoms with Crippen molar-refractivity contribution in [1.82, 2.24) is 13.8 Å². The first-order valence-electron chi connectivity index (χ1n) is 11.4. The Morgan fingerprint density at radius 3 is 1.46 bits per heavy atom. The summed E-state index contributed by atoms with van der Waals surface area (Å²) in [5.41, 5.74) is 0.866. The Kier molecular flexibility index (Phi) is 4.71. The van der Waals surface area contributed by atoms with Gasteiger partial charge in [-0.1, -0.05) is 0 Å². The van der Waals surface area contributed by atoms with Crippen molar-refractivity contribution in [2.75, 3.05) is 45.1 Å². The third-order valence-electron chi connectivity index (χ3n) is 6.65. The van der Waals surface area contributed by atoms with Gasteiger partial charge in [0.15, 0.2) is 0 Å². The van der Waals surface area contributed by atoms with E-state index >= 15 is 0 Å². The molecule has 35 heavy (non-hydrogen) atoms. The molecule has 3 heterocycles. The second-order valence-corrected chi connectivity index (χ2v) is 17.6. The number of fused-ring (bicyclic) bond motifs is 2. The summed E-state index contributed by atoms with van der Waals surface area (Å²) in [5, 5.41) is 0. The van der Waals surface area contributed by atoms with E-state index in [1.165, 1.54) is 0 Å². The van der Waals surface area contributed by atoms with Crippen molar-refractivity contribution in [3.8, 4) is 23.0 Å². The van der Waals surface area contributed by atoms with Crippen molar-refractivity contribution >= 4 is 32.3 Å². The Bertz CT molecular complexity index is 1200. The van der Waals surface area contributed by atoms with E-state index in [2.05, 4.69) is 46.4 Å². The van der Waals surface area contributed by atoms with Gasteiger partial charge in [0.1, 0.15) is 0 Å². The van der Waals surface area contributed by atoms with Crippen LogP contribution in [-0.2, 0) is 0 Å².